The molecule has 1 unspecified atom stereocenters. The second-order valence-corrected chi connectivity index (χ2v) is 4.50. The molecule has 0 spiro atoms. The van der Waals surface area contributed by atoms with Crippen LogP contribution < -0.4 is 11.1 Å². The van der Waals surface area contributed by atoms with E-state index in [-0.39, 0.29) is 17.4 Å². The molecule has 1 aliphatic heterocycles. The summed E-state index contributed by atoms with van der Waals surface area (Å²) in [6.45, 7) is 5.96. The van der Waals surface area contributed by atoms with Crippen molar-refractivity contribution in [3.63, 3.8) is 0 Å². The van der Waals surface area contributed by atoms with E-state index in [4.69, 9.17) is 10.5 Å². The van der Waals surface area contributed by atoms with Crippen molar-refractivity contribution in [1.29, 1.82) is 0 Å². The fourth-order valence-electron chi connectivity index (χ4n) is 1.81. The summed E-state index contributed by atoms with van der Waals surface area (Å²) < 4.78 is 5.28. The predicted octanol–water partition coefficient (Wildman–Crippen LogP) is 0.657. The lowest BCUT2D eigenvalue weighted by Gasteiger charge is -2.35. The average Bonchev–Trinajstić information content (AvgIpc) is 2.19. The number of carbonyl (C=O) groups is 1. The number of nitrogens with one attached hydrogen (secondary N) is 1. The lowest BCUT2D eigenvalue weighted by molar-refractivity contribution is -0.127. The minimum Gasteiger partial charge on any atom is -0.381 e. The van der Waals surface area contributed by atoms with E-state index >= 15 is 0 Å². The van der Waals surface area contributed by atoms with E-state index in [1.165, 1.54) is 0 Å². The zero-order valence-corrected chi connectivity index (χ0v) is 9.71. The molecule has 0 saturated carbocycles. The molecule has 0 aromatic heterocycles. The van der Waals surface area contributed by atoms with Gasteiger partial charge in [-0.3, -0.25) is 4.79 Å². The van der Waals surface area contributed by atoms with Crippen molar-refractivity contribution in [2.45, 2.75) is 38.6 Å². The van der Waals surface area contributed by atoms with E-state index < -0.39 is 0 Å². The van der Waals surface area contributed by atoms with Crippen LogP contribution in [0.1, 0.15) is 33.1 Å². The quantitative estimate of drug-likeness (QED) is 0.722. The van der Waals surface area contributed by atoms with Gasteiger partial charge in [0.2, 0.25) is 5.91 Å². The summed E-state index contributed by atoms with van der Waals surface area (Å²) in [6, 6.07) is 0. The molecule has 1 heterocycles. The second-order valence-electron chi connectivity index (χ2n) is 4.50. The van der Waals surface area contributed by atoms with Gasteiger partial charge in [-0.1, -0.05) is 6.92 Å². The third kappa shape index (κ3) is 3.47. The van der Waals surface area contributed by atoms with Gasteiger partial charge in [0.15, 0.2) is 0 Å². The molecule has 4 heteroatoms. The maximum Gasteiger partial charge on any atom is 0.224 e. The second kappa shape index (κ2) is 5.47. The monoisotopic (exact) mass is 214 g/mol. The molecule has 1 rings (SSSR count). The van der Waals surface area contributed by atoms with Crippen LogP contribution in [-0.2, 0) is 9.53 Å². The van der Waals surface area contributed by atoms with Gasteiger partial charge in [0, 0.05) is 31.2 Å². The number of carbonyl (C=O) groups excluding carboxylic acids is 1. The molecular weight excluding hydrogens is 192 g/mol. The van der Waals surface area contributed by atoms with Gasteiger partial charge in [0.25, 0.3) is 0 Å². The van der Waals surface area contributed by atoms with E-state index in [1.807, 2.05) is 6.92 Å². The Kier molecular flexibility index (Phi) is 4.54. The maximum absolute atomic E-state index is 11.8. The minimum absolute atomic E-state index is 0.0512. The van der Waals surface area contributed by atoms with Crippen LogP contribution in [0.25, 0.3) is 0 Å². The smallest absolute Gasteiger partial charge is 0.224 e. The number of hydrogen-bond donors (Lipinski definition) is 2. The van der Waals surface area contributed by atoms with Gasteiger partial charge in [-0.15, -0.1) is 0 Å². The molecule has 1 saturated heterocycles. The Labute approximate surface area is 91.5 Å². The number of ether oxygens (including phenoxy) is 1. The van der Waals surface area contributed by atoms with E-state index in [2.05, 4.69) is 12.2 Å². The number of rotatable bonds is 4. The third-order valence-corrected chi connectivity index (χ3v) is 3.17. The highest BCUT2D eigenvalue weighted by atomic mass is 16.5. The summed E-state index contributed by atoms with van der Waals surface area (Å²) >= 11 is 0. The highest BCUT2D eigenvalue weighted by Crippen LogP contribution is 2.20. The molecule has 1 fully saturated rings. The highest BCUT2D eigenvalue weighted by molar-refractivity contribution is 5.79. The molecule has 3 N–H and O–H groups in total. The van der Waals surface area contributed by atoms with Crippen LogP contribution in [0.3, 0.4) is 0 Å². The first-order valence-electron chi connectivity index (χ1n) is 5.71. The average molecular weight is 214 g/mol. The van der Waals surface area contributed by atoms with Gasteiger partial charge in [-0.05, 0) is 26.2 Å². The molecule has 1 amide bonds. The van der Waals surface area contributed by atoms with Crippen molar-refractivity contribution in [2.75, 3.05) is 19.8 Å². The summed E-state index contributed by atoms with van der Waals surface area (Å²) in [5, 5.41) is 3.10. The molecule has 0 aliphatic carbocycles. The molecule has 0 radical (unpaired) electrons. The van der Waals surface area contributed by atoms with Crippen LogP contribution in [0.5, 0.6) is 0 Å². The Balaban J connectivity index is 2.48. The van der Waals surface area contributed by atoms with Crippen molar-refractivity contribution in [1.82, 2.24) is 5.32 Å². The molecule has 0 aromatic carbocycles. The largest absolute Gasteiger partial charge is 0.381 e. The Morgan fingerprint density at radius 1 is 1.53 bits per heavy atom. The molecule has 1 aliphatic rings. The topological polar surface area (TPSA) is 64.4 Å². The Morgan fingerprint density at radius 3 is 2.60 bits per heavy atom. The third-order valence-electron chi connectivity index (χ3n) is 3.17. The first-order chi connectivity index (χ1) is 7.11. The first kappa shape index (κ1) is 12.5. The van der Waals surface area contributed by atoms with E-state index in [0.29, 0.717) is 6.54 Å². The van der Waals surface area contributed by atoms with Crippen LogP contribution in [0, 0.1) is 5.92 Å². The highest BCUT2D eigenvalue weighted by Gasteiger charge is 2.30. The normalized spacial score (nSPS) is 22.1. The van der Waals surface area contributed by atoms with Gasteiger partial charge in [0.05, 0.1) is 0 Å². The van der Waals surface area contributed by atoms with Crippen molar-refractivity contribution in [3.05, 3.63) is 0 Å². The van der Waals surface area contributed by atoms with E-state index in [0.717, 1.165) is 32.5 Å². The lowest BCUT2D eigenvalue weighted by Crippen LogP contribution is -2.52. The molecule has 1 atom stereocenters. The van der Waals surface area contributed by atoms with Crippen LogP contribution in [0.15, 0.2) is 0 Å². The Bertz CT molecular complexity index is 209. The number of hydrogen-bond acceptors (Lipinski definition) is 3. The van der Waals surface area contributed by atoms with Crippen molar-refractivity contribution >= 4 is 5.91 Å². The fraction of sp³-hybridized carbons (Fsp3) is 0.909. The van der Waals surface area contributed by atoms with Crippen LogP contribution in [0.4, 0.5) is 0 Å². The summed E-state index contributed by atoms with van der Waals surface area (Å²) in [4.78, 5) is 11.8. The zero-order chi connectivity index (χ0) is 11.3. The molecule has 0 bridgehead atoms. The Hall–Kier alpha value is -0.610. The van der Waals surface area contributed by atoms with Gasteiger partial charge in [-0.2, -0.15) is 0 Å². The SMILES string of the molecule is CCC(CN)C(=O)NC1(C)CCOCC1. The first-order valence-corrected chi connectivity index (χ1v) is 5.71. The number of nitrogens with two attached hydrogens (primary N) is 1. The zero-order valence-electron chi connectivity index (χ0n) is 9.71. The standard InChI is InChI=1S/C11H22N2O2/c1-3-9(8-12)10(14)13-11(2)4-6-15-7-5-11/h9H,3-8,12H2,1-2H3,(H,13,14). The summed E-state index contributed by atoms with van der Waals surface area (Å²) in [7, 11) is 0. The van der Waals surface area contributed by atoms with Crippen molar-refractivity contribution in [3.8, 4) is 0 Å². The van der Waals surface area contributed by atoms with Gasteiger partial charge >= 0.3 is 0 Å². The Morgan fingerprint density at radius 2 is 2.13 bits per heavy atom. The van der Waals surface area contributed by atoms with Crippen molar-refractivity contribution < 1.29 is 9.53 Å². The van der Waals surface area contributed by atoms with E-state index in [9.17, 15) is 4.79 Å². The van der Waals surface area contributed by atoms with E-state index in [1.54, 1.807) is 0 Å². The molecule has 4 nitrogen and oxygen atoms in total. The predicted molar refractivity (Wildman–Crippen MR) is 59.4 cm³/mol. The maximum atomic E-state index is 11.8. The fourth-order valence-corrected chi connectivity index (χ4v) is 1.81. The van der Waals surface area contributed by atoms with Crippen LogP contribution in [0.2, 0.25) is 0 Å². The molecule has 88 valence electrons. The van der Waals surface area contributed by atoms with Crippen molar-refractivity contribution in [2.24, 2.45) is 11.7 Å². The summed E-state index contributed by atoms with van der Waals surface area (Å²) in [5.74, 6) is 0.0362. The van der Waals surface area contributed by atoms with Crippen LogP contribution in [-0.4, -0.2) is 31.2 Å². The van der Waals surface area contributed by atoms with Crippen LogP contribution >= 0.6 is 0 Å². The molecule has 0 aromatic rings. The van der Waals surface area contributed by atoms with Gasteiger partial charge in [0.1, 0.15) is 0 Å². The minimum atomic E-state index is -0.0993. The number of amides is 1. The van der Waals surface area contributed by atoms with Gasteiger partial charge < -0.3 is 15.8 Å². The van der Waals surface area contributed by atoms with Gasteiger partial charge in [-0.25, -0.2) is 0 Å². The molecule has 15 heavy (non-hydrogen) atoms. The summed E-state index contributed by atoms with van der Waals surface area (Å²) in [6.07, 6.45) is 2.58. The summed E-state index contributed by atoms with van der Waals surface area (Å²) in [5.41, 5.74) is 5.45. The lowest BCUT2D eigenvalue weighted by atomic mass is 9.91. The molecular formula is C11H22N2O2.